The number of nitrogens with one attached hydrogen (secondary N) is 1. The number of piperazine rings is 1. The predicted molar refractivity (Wildman–Crippen MR) is 64.4 cm³/mol. The molecule has 1 heterocycles. The van der Waals surface area contributed by atoms with Gasteiger partial charge in [0, 0.05) is 26.2 Å². The first-order valence-electron chi connectivity index (χ1n) is 5.47. The second-order valence-electron chi connectivity index (χ2n) is 4.94. The van der Waals surface area contributed by atoms with Gasteiger partial charge in [-0.1, -0.05) is 0 Å². The van der Waals surface area contributed by atoms with Crippen LogP contribution in [0.15, 0.2) is 0 Å². The zero-order valence-electron chi connectivity index (χ0n) is 9.59. The van der Waals surface area contributed by atoms with Gasteiger partial charge in [-0.05, 0) is 20.4 Å². The Kier molecular flexibility index (Phi) is 3.12. The van der Waals surface area contributed by atoms with E-state index >= 15 is 0 Å². The number of carbonyl (C=O) groups is 1. The third-order valence-corrected chi connectivity index (χ3v) is 4.62. The number of likely N-dealkylation sites (N-methyl/N-ethyl adjacent to an activating group) is 1. The smallest absolute Gasteiger partial charge is 0.243 e. The molecule has 0 bridgehead atoms. The van der Waals surface area contributed by atoms with E-state index in [1.807, 2.05) is 5.01 Å². The molecule has 0 unspecified atom stereocenters. The van der Waals surface area contributed by atoms with Crippen molar-refractivity contribution in [2.24, 2.45) is 5.41 Å². The van der Waals surface area contributed by atoms with Crippen molar-refractivity contribution in [3.05, 3.63) is 0 Å². The molecule has 0 spiro atoms. The lowest BCUT2D eigenvalue weighted by Crippen LogP contribution is -2.54. The summed E-state index contributed by atoms with van der Waals surface area (Å²) in [7, 11) is 2.07. The molecule has 1 atom stereocenters. The molecule has 1 aliphatic carbocycles. The number of rotatable bonds is 2. The quantitative estimate of drug-likeness (QED) is 0.753. The monoisotopic (exact) mass is 265 g/mol. The highest BCUT2D eigenvalue weighted by Crippen LogP contribution is 2.63. The number of hydrogen-bond donors (Lipinski definition) is 1. The van der Waals surface area contributed by atoms with E-state index < -0.39 is 9.75 Å². The third-order valence-electron chi connectivity index (χ3n) is 3.52. The highest BCUT2D eigenvalue weighted by Gasteiger charge is 2.68. The van der Waals surface area contributed by atoms with E-state index in [9.17, 15) is 4.79 Å². The maximum atomic E-state index is 12.0. The molecule has 1 N–H and O–H groups in total. The van der Waals surface area contributed by atoms with E-state index in [1.54, 1.807) is 6.92 Å². The van der Waals surface area contributed by atoms with E-state index in [4.69, 9.17) is 23.2 Å². The Balaban J connectivity index is 1.85. The molecule has 0 radical (unpaired) electrons. The average molecular weight is 266 g/mol. The summed E-state index contributed by atoms with van der Waals surface area (Å²) in [5.74, 6) is -0.0675. The molecule has 92 valence electrons. The first kappa shape index (κ1) is 12.4. The molecule has 0 aromatic rings. The van der Waals surface area contributed by atoms with Crippen LogP contribution in [0, 0.1) is 5.41 Å². The van der Waals surface area contributed by atoms with Gasteiger partial charge in [-0.2, -0.15) is 0 Å². The summed E-state index contributed by atoms with van der Waals surface area (Å²) in [6, 6.07) is 0. The Morgan fingerprint density at radius 3 is 2.19 bits per heavy atom. The zero-order valence-corrected chi connectivity index (χ0v) is 11.1. The second-order valence-corrected chi connectivity index (χ2v) is 6.43. The maximum absolute atomic E-state index is 12.0. The molecule has 2 fully saturated rings. The van der Waals surface area contributed by atoms with Gasteiger partial charge in [-0.15, -0.1) is 23.2 Å². The SMILES string of the molecule is CN1CCN(NC(=O)[C@@]2(C)CC2(Cl)Cl)CC1. The van der Waals surface area contributed by atoms with E-state index in [-0.39, 0.29) is 5.91 Å². The highest BCUT2D eigenvalue weighted by molar-refractivity contribution is 6.53. The molecule has 1 aliphatic heterocycles. The summed E-state index contributed by atoms with van der Waals surface area (Å²) < 4.78 is -0.885. The molecule has 1 saturated carbocycles. The zero-order chi connectivity index (χ0) is 12.0. The molecule has 6 heteroatoms. The van der Waals surface area contributed by atoms with Crippen LogP contribution in [-0.2, 0) is 4.79 Å². The molecule has 16 heavy (non-hydrogen) atoms. The molecular weight excluding hydrogens is 249 g/mol. The van der Waals surface area contributed by atoms with Crippen LogP contribution < -0.4 is 5.43 Å². The van der Waals surface area contributed by atoms with Crippen LogP contribution >= 0.6 is 23.2 Å². The van der Waals surface area contributed by atoms with Crippen molar-refractivity contribution < 1.29 is 4.79 Å². The third kappa shape index (κ3) is 2.16. The Bertz CT molecular complexity index is 302. The predicted octanol–water partition coefficient (Wildman–Crippen LogP) is 0.849. The normalized spacial score (nSPS) is 34.8. The van der Waals surface area contributed by atoms with Gasteiger partial charge in [0.05, 0.1) is 5.41 Å². The average Bonchev–Trinajstić information content (AvgIpc) is 2.71. The van der Waals surface area contributed by atoms with Gasteiger partial charge in [0.25, 0.3) is 0 Å². The summed E-state index contributed by atoms with van der Waals surface area (Å²) in [6.07, 6.45) is 0.530. The molecule has 0 aromatic heterocycles. The minimum atomic E-state index is -0.885. The highest BCUT2D eigenvalue weighted by atomic mass is 35.5. The molecule has 1 amide bonds. The van der Waals surface area contributed by atoms with Gasteiger partial charge in [0.15, 0.2) is 0 Å². The van der Waals surface area contributed by atoms with Crippen LogP contribution in [0.2, 0.25) is 0 Å². The van der Waals surface area contributed by atoms with Gasteiger partial charge >= 0.3 is 0 Å². The first-order valence-corrected chi connectivity index (χ1v) is 6.23. The fourth-order valence-corrected chi connectivity index (χ4v) is 2.54. The molecule has 0 aromatic carbocycles. The first-order chi connectivity index (χ1) is 7.35. The van der Waals surface area contributed by atoms with E-state index in [0.29, 0.717) is 6.42 Å². The van der Waals surface area contributed by atoms with Crippen LogP contribution in [0.1, 0.15) is 13.3 Å². The van der Waals surface area contributed by atoms with E-state index in [2.05, 4.69) is 17.4 Å². The van der Waals surface area contributed by atoms with Crippen LogP contribution in [0.4, 0.5) is 0 Å². The summed E-state index contributed by atoms with van der Waals surface area (Å²) in [4.78, 5) is 14.2. The number of hydrogen-bond acceptors (Lipinski definition) is 3. The van der Waals surface area contributed by atoms with Crippen LogP contribution in [0.25, 0.3) is 0 Å². The Morgan fingerprint density at radius 2 is 1.75 bits per heavy atom. The Labute approximate surface area is 106 Å². The van der Waals surface area contributed by atoms with Gasteiger partial charge in [0.1, 0.15) is 4.33 Å². The number of hydrazine groups is 1. The summed E-state index contributed by atoms with van der Waals surface area (Å²) in [6.45, 7) is 5.41. The molecule has 2 aliphatic rings. The van der Waals surface area contributed by atoms with E-state index in [0.717, 1.165) is 26.2 Å². The number of halogens is 2. The molecule has 2 rings (SSSR count). The largest absolute Gasteiger partial charge is 0.304 e. The second kappa shape index (κ2) is 4.02. The molecular formula is C10H17Cl2N3O. The van der Waals surface area contributed by atoms with Crippen molar-refractivity contribution in [3.63, 3.8) is 0 Å². The Morgan fingerprint density at radius 1 is 1.25 bits per heavy atom. The van der Waals surface area contributed by atoms with Crippen molar-refractivity contribution in [1.82, 2.24) is 15.3 Å². The lowest BCUT2D eigenvalue weighted by Gasteiger charge is -2.33. The van der Waals surface area contributed by atoms with Crippen molar-refractivity contribution in [1.29, 1.82) is 0 Å². The fraction of sp³-hybridized carbons (Fsp3) is 0.900. The summed E-state index contributed by atoms with van der Waals surface area (Å²) >= 11 is 11.9. The van der Waals surface area contributed by atoms with E-state index in [1.165, 1.54) is 0 Å². The van der Waals surface area contributed by atoms with Gasteiger partial charge in [-0.25, -0.2) is 5.01 Å². The molecule has 4 nitrogen and oxygen atoms in total. The minimum absolute atomic E-state index is 0.0675. The minimum Gasteiger partial charge on any atom is -0.304 e. The standard InChI is InChI=1S/C10H17Cl2N3O/c1-9(7-10(9,11)12)8(16)13-15-5-3-14(2)4-6-15/h3-7H2,1-2H3,(H,13,16)/t9-/m1/s1. The lowest BCUT2D eigenvalue weighted by atomic mass is 10.1. The van der Waals surface area contributed by atoms with Crippen molar-refractivity contribution in [2.45, 2.75) is 17.7 Å². The fourth-order valence-electron chi connectivity index (χ4n) is 1.83. The van der Waals surface area contributed by atoms with Gasteiger partial charge in [0.2, 0.25) is 5.91 Å². The molecule has 1 saturated heterocycles. The summed E-state index contributed by atoms with van der Waals surface area (Å²) in [5.41, 5.74) is 2.27. The number of alkyl halides is 2. The lowest BCUT2D eigenvalue weighted by molar-refractivity contribution is -0.131. The number of nitrogens with zero attached hydrogens (tertiary/aromatic N) is 2. The topological polar surface area (TPSA) is 35.6 Å². The summed E-state index contributed by atoms with van der Waals surface area (Å²) in [5, 5.41) is 1.94. The van der Waals surface area contributed by atoms with Gasteiger partial charge < -0.3 is 4.90 Å². The van der Waals surface area contributed by atoms with Crippen LogP contribution in [-0.4, -0.2) is 53.4 Å². The van der Waals surface area contributed by atoms with Gasteiger partial charge in [-0.3, -0.25) is 10.2 Å². The van der Waals surface area contributed by atoms with Crippen molar-refractivity contribution >= 4 is 29.1 Å². The van der Waals surface area contributed by atoms with Crippen molar-refractivity contribution in [3.8, 4) is 0 Å². The van der Waals surface area contributed by atoms with Crippen molar-refractivity contribution in [2.75, 3.05) is 33.2 Å². The number of amides is 1. The van der Waals surface area contributed by atoms with Crippen LogP contribution in [0.3, 0.4) is 0 Å². The van der Waals surface area contributed by atoms with Crippen LogP contribution in [0.5, 0.6) is 0 Å². The maximum Gasteiger partial charge on any atom is 0.243 e. The number of carbonyl (C=O) groups excluding carboxylic acids is 1. The Hall–Kier alpha value is -0.0300.